The minimum Gasteiger partial charge on any atom is -0.479 e. The topological polar surface area (TPSA) is 116 Å². The van der Waals surface area contributed by atoms with Crippen molar-refractivity contribution in [3.05, 3.63) is 30.1 Å². The monoisotopic (exact) mass is 278 g/mol. The molecule has 2 amide bonds. The van der Waals surface area contributed by atoms with Gasteiger partial charge < -0.3 is 10.0 Å². The van der Waals surface area contributed by atoms with Crippen LogP contribution in [0.4, 0.5) is 4.79 Å². The molecule has 0 saturated carbocycles. The summed E-state index contributed by atoms with van der Waals surface area (Å²) in [5, 5.41) is 17.0. The molecule has 8 heteroatoms. The molecule has 0 unspecified atom stereocenters. The predicted molar refractivity (Wildman–Crippen MR) is 67.0 cm³/mol. The Morgan fingerprint density at radius 1 is 1.55 bits per heavy atom. The molecule has 2 N–H and O–H groups in total. The third-order valence-electron chi connectivity index (χ3n) is 2.23. The van der Waals surface area contributed by atoms with Crippen molar-refractivity contribution >= 4 is 12.0 Å². The Balaban J connectivity index is 2.56. The van der Waals surface area contributed by atoms with Crippen LogP contribution in [0.1, 0.15) is 12.0 Å². The van der Waals surface area contributed by atoms with E-state index in [-0.39, 0.29) is 19.5 Å². The number of hydrogen-bond donors (Lipinski definition) is 2. The highest BCUT2D eigenvalue weighted by Gasteiger charge is 2.14. The number of aliphatic carboxylic acids is 1. The number of nitrogens with zero attached hydrogens (tertiary/aromatic N) is 3. The van der Waals surface area contributed by atoms with Crippen molar-refractivity contribution in [3.8, 4) is 6.07 Å². The molecule has 1 heterocycles. The number of carboxylic acid groups (broad SMARTS) is 1. The molecule has 1 aromatic heterocycles. The van der Waals surface area contributed by atoms with E-state index >= 15 is 0 Å². The number of pyridine rings is 1. The van der Waals surface area contributed by atoms with Gasteiger partial charge in [-0.25, -0.2) is 15.1 Å². The summed E-state index contributed by atoms with van der Waals surface area (Å²) in [6, 6.07) is 4.86. The summed E-state index contributed by atoms with van der Waals surface area (Å²) in [6.07, 6.45) is 3.37. The van der Waals surface area contributed by atoms with Crippen molar-refractivity contribution in [1.82, 2.24) is 15.4 Å². The minimum atomic E-state index is -1.19. The van der Waals surface area contributed by atoms with E-state index in [1.807, 2.05) is 11.5 Å². The molecular formula is C12H14N4O4. The molecule has 0 radical (unpaired) electrons. The Labute approximate surface area is 115 Å². The van der Waals surface area contributed by atoms with Gasteiger partial charge in [0.2, 0.25) is 0 Å². The molecule has 0 saturated heterocycles. The lowest BCUT2D eigenvalue weighted by molar-refractivity contribution is -0.144. The molecule has 0 spiro atoms. The van der Waals surface area contributed by atoms with Crippen LogP contribution in [-0.2, 0) is 16.2 Å². The molecule has 0 bridgehead atoms. The first-order valence-electron chi connectivity index (χ1n) is 5.78. The van der Waals surface area contributed by atoms with Crippen LogP contribution in [0.15, 0.2) is 24.5 Å². The summed E-state index contributed by atoms with van der Waals surface area (Å²) in [4.78, 5) is 31.9. The lowest BCUT2D eigenvalue weighted by Crippen LogP contribution is -2.40. The van der Waals surface area contributed by atoms with Gasteiger partial charge in [0.1, 0.15) is 0 Å². The highest BCUT2D eigenvalue weighted by Crippen LogP contribution is 2.04. The van der Waals surface area contributed by atoms with Gasteiger partial charge in [0.25, 0.3) is 0 Å². The second-order valence-electron chi connectivity index (χ2n) is 3.78. The predicted octanol–water partition coefficient (Wildman–Crippen LogP) is 0.523. The van der Waals surface area contributed by atoms with E-state index in [4.69, 9.17) is 10.4 Å². The Bertz CT molecular complexity index is 486. The zero-order valence-corrected chi connectivity index (χ0v) is 10.7. The molecule has 0 aromatic carbocycles. The van der Waals surface area contributed by atoms with Crippen LogP contribution in [0.25, 0.3) is 0 Å². The van der Waals surface area contributed by atoms with E-state index in [0.29, 0.717) is 0 Å². The number of urea groups is 1. The zero-order chi connectivity index (χ0) is 14.8. The maximum Gasteiger partial charge on any atom is 0.341 e. The molecule has 20 heavy (non-hydrogen) atoms. The number of carboxylic acids is 1. The summed E-state index contributed by atoms with van der Waals surface area (Å²) in [5.41, 5.74) is 2.81. The van der Waals surface area contributed by atoms with Crippen LogP contribution in [0.2, 0.25) is 0 Å². The molecule has 0 aliphatic rings. The Hall–Kier alpha value is -2.66. The molecule has 106 valence electrons. The van der Waals surface area contributed by atoms with Gasteiger partial charge in [0.15, 0.2) is 6.61 Å². The maximum atomic E-state index is 11.8. The van der Waals surface area contributed by atoms with Crippen LogP contribution in [0.5, 0.6) is 0 Å². The summed E-state index contributed by atoms with van der Waals surface area (Å²) < 4.78 is 0. The van der Waals surface area contributed by atoms with Crippen molar-refractivity contribution in [2.45, 2.75) is 13.0 Å². The number of hydrogen-bond acceptors (Lipinski definition) is 5. The van der Waals surface area contributed by atoms with Gasteiger partial charge in [0.05, 0.1) is 12.5 Å². The van der Waals surface area contributed by atoms with Gasteiger partial charge in [-0.3, -0.25) is 9.82 Å². The molecule has 0 atom stereocenters. The van der Waals surface area contributed by atoms with E-state index in [9.17, 15) is 9.59 Å². The fourth-order valence-electron chi connectivity index (χ4n) is 1.37. The minimum absolute atomic E-state index is 0.159. The summed E-state index contributed by atoms with van der Waals surface area (Å²) in [7, 11) is 0. The molecule has 0 aliphatic carbocycles. The number of carbonyl (C=O) groups is 2. The third-order valence-corrected chi connectivity index (χ3v) is 2.23. The van der Waals surface area contributed by atoms with Crippen molar-refractivity contribution in [1.29, 1.82) is 5.26 Å². The fourth-order valence-corrected chi connectivity index (χ4v) is 1.37. The summed E-state index contributed by atoms with van der Waals surface area (Å²) in [6.45, 7) is -0.184. The quantitative estimate of drug-likeness (QED) is 0.702. The van der Waals surface area contributed by atoms with Crippen molar-refractivity contribution in [3.63, 3.8) is 0 Å². The number of amides is 2. The van der Waals surface area contributed by atoms with E-state index < -0.39 is 18.6 Å². The van der Waals surface area contributed by atoms with Crippen LogP contribution < -0.4 is 5.48 Å². The number of nitrogens with one attached hydrogen (secondary N) is 1. The second-order valence-corrected chi connectivity index (χ2v) is 3.78. The number of hydroxylamine groups is 1. The smallest absolute Gasteiger partial charge is 0.341 e. The average Bonchev–Trinajstić information content (AvgIpc) is 2.44. The molecule has 0 fully saturated rings. The first kappa shape index (κ1) is 15.4. The van der Waals surface area contributed by atoms with Gasteiger partial charge in [-0.15, -0.1) is 0 Å². The Morgan fingerprint density at radius 3 is 2.95 bits per heavy atom. The largest absolute Gasteiger partial charge is 0.479 e. The van der Waals surface area contributed by atoms with Crippen LogP contribution in [0.3, 0.4) is 0 Å². The lowest BCUT2D eigenvalue weighted by Gasteiger charge is -2.21. The van der Waals surface area contributed by atoms with E-state index in [2.05, 4.69) is 9.82 Å². The highest BCUT2D eigenvalue weighted by molar-refractivity contribution is 5.73. The standard InChI is InChI=1S/C12H14N4O4/c13-4-2-6-16(8-10-3-1-5-14-7-10)12(19)15-20-9-11(17)18/h1,3,5,7H,2,6,8-9H2,(H,15,19)(H,17,18). The zero-order valence-electron chi connectivity index (χ0n) is 10.7. The number of aromatic nitrogens is 1. The van der Waals surface area contributed by atoms with Gasteiger partial charge >= 0.3 is 12.0 Å². The maximum absolute atomic E-state index is 11.8. The average molecular weight is 278 g/mol. The normalized spacial score (nSPS) is 9.55. The van der Waals surface area contributed by atoms with Crippen molar-refractivity contribution in [2.24, 2.45) is 0 Å². The molecule has 0 aliphatic heterocycles. The second kappa shape index (κ2) is 8.44. The van der Waals surface area contributed by atoms with Crippen molar-refractivity contribution < 1.29 is 19.5 Å². The van der Waals surface area contributed by atoms with Gasteiger partial charge in [-0.05, 0) is 11.6 Å². The van der Waals surface area contributed by atoms with Crippen LogP contribution in [-0.4, -0.2) is 40.1 Å². The number of nitriles is 1. The SMILES string of the molecule is N#CCCN(Cc1cccnc1)C(=O)NOCC(=O)O. The lowest BCUT2D eigenvalue weighted by atomic mass is 10.2. The van der Waals surface area contributed by atoms with Crippen molar-refractivity contribution in [2.75, 3.05) is 13.2 Å². The first-order valence-corrected chi connectivity index (χ1v) is 5.78. The van der Waals surface area contributed by atoms with Gasteiger partial charge in [-0.2, -0.15) is 5.26 Å². The van der Waals surface area contributed by atoms with Crippen LogP contribution >= 0.6 is 0 Å². The highest BCUT2D eigenvalue weighted by atomic mass is 16.7. The molecule has 8 nitrogen and oxygen atoms in total. The van der Waals surface area contributed by atoms with E-state index in [1.54, 1.807) is 24.5 Å². The summed E-state index contributed by atoms with van der Waals surface area (Å²) in [5.74, 6) is -1.19. The number of rotatable bonds is 7. The summed E-state index contributed by atoms with van der Waals surface area (Å²) >= 11 is 0. The Kier molecular flexibility index (Phi) is 6.50. The van der Waals surface area contributed by atoms with Crippen LogP contribution in [0, 0.1) is 11.3 Å². The van der Waals surface area contributed by atoms with Gasteiger partial charge in [-0.1, -0.05) is 6.07 Å². The first-order chi connectivity index (χ1) is 9.63. The van der Waals surface area contributed by atoms with E-state index in [0.717, 1.165) is 5.56 Å². The number of carbonyl (C=O) groups excluding carboxylic acids is 1. The molecule has 1 aromatic rings. The molecular weight excluding hydrogens is 264 g/mol. The molecule has 1 rings (SSSR count). The van der Waals surface area contributed by atoms with E-state index in [1.165, 1.54) is 4.90 Å². The fraction of sp³-hybridized carbons (Fsp3) is 0.333. The Morgan fingerprint density at radius 2 is 2.35 bits per heavy atom. The third kappa shape index (κ3) is 5.79. The van der Waals surface area contributed by atoms with Gasteiger partial charge in [0, 0.05) is 25.5 Å².